The standard InChI is InChI=1S/C4H11O2P.Zn/c1-4(2,3)7(5)6;/h7H,1-3H3,(H,5,6);. The van der Waals surface area contributed by atoms with Gasteiger partial charge >= 0.3 is 0 Å². The molecule has 2 nitrogen and oxygen atoms in total. The van der Waals surface area contributed by atoms with Gasteiger partial charge in [0.25, 0.3) is 0 Å². The van der Waals surface area contributed by atoms with Gasteiger partial charge in [-0.1, -0.05) is 20.8 Å². The minimum atomic E-state index is -2.30. The second-order valence-corrected chi connectivity index (χ2v) is 4.67. The molecule has 0 heterocycles. The normalized spacial score (nSPS) is 14.5. The molecule has 1 unspecified atom stereocenters. The van der Waals surface area contributed by atoms with Crippen LogP contribution < -0.4 is 0 Å². The minimum absolute atomic E-state index is 0. The van der Waals surface area contributed by atoms with Gasteiger partial charge in [0.1, 0.15) is 0 Å². The Bertz CT molecular complexity index is 86.5. The van der Waals surface area contributed by atoms with Crippen molar-refractivity contribution in [3.05, 3.63) is 0 Å². The molecular formula is C4H11O2PZn. The van der Waals surface area contributed by atoms with Crippen molar-refractivity contribution in [1.82, 2.24) is 0 Å². The largest absolute Gasteiger partial charge is 0.346 e. The van der Waals surface area contributed by atoms with Gasteiger partial charge < -0.3 is 4.89 Å². The summed E-state index contributed by atoms with van der Waals surface area (Å²) in [5.41, 5.74) is 0. The van der Waals surface area contributed by atoms with E-state index in [1.54, 1.807) is 20.8 Å². The van der Waals surface area contributed by atoms with E-state index in [9.17, 15) is 4.57 Å². The molecule has 0 aliphatic rings. The second-order valence-electron chi connectivity index (χ2n) is 2.56. The maximum atomic E-state index is 10.2. The van der Waals surface area contributed by atoms with Crippen LogP contribution in [-0.2, 0) is 24.0 Å². The summed E-state index contributed by atoms with van der Waals surface area (Å²) in [6.07, 6.45) is 0. The Hall–Kier alpha value is 0.813. The van der Waals surface area contributed by atoms with Gasteiger partial charge in [0.15, 0.2) is 8.03 Å². The molecule has 46 valence electrons. The SMILES string of the molecule is CC(C)(C)[PH](=O)O.[Zn]. The number of rotatable bonds is 0. The number of hydrogen-bond acceptors (Lipinski definition) is 1. The summed E-state index contributed by atoms with van der Waals surface area (Å²) in [5.74, 6) is 0. The van der Waals surface area contributed by atoms with E-state index in [0.717, 1.165) is 0 Å². The Morgan fingerprint density at radius 2 is 1.50 bits per heavy atom. The quantitative estimate of drug-likeness (QED) is 0.458. The summed E-state index contributed by atoms with van der Waals surface area (Å²) in [6, 6.07) is 0. The molecular weight excluding hydrogens is 176 g/mol. The van der Waals surface area contributed by atoms with Gasteiger partial charge in [-0.2, -0.15) is 0 Å². The molecule has 0 aromatic rings. The monoisotopic (exact) mass is 186 g/mol. The predicted octanol–water partition coefficient (Wildman–Crippen LogP) is 1.25. The van der Waals surface area contributed by atoms with Crippen LogP contribution in [0, 0.1) is 0 Å². The smallest absolute Gasteiger partial charge is 0.194 e. The summed E-state index contributed by atoms with van der Waals surface area (Å²) in [4.78, 5) is 8.44. The maximum Gasteiger partial charge on any atom is 0.194 e. The molecule has 0 saturated carbocycles. The van der Waals surface area contributed by atoms with Gasteiger partial charge in [0.2, 0.25) is 0 Å². The summed E-state index contributed by atoms with van der Waals surface area (Å²) in [6.45, 7) is 5.23. The molecule has 1 N–H and O–H groups in total. The van der Waals surface area contributed by atoms with Crippen LogP contribution in [0.15, 0.2) is 0 Å². The van der Waals surface area contributed by atoms with Crippen LogP contribution in [0.5, 0.6) is 0 Å². The first-order valence-corrected chi connectivity index (χ1v) is 3.53. The molecule has 4 heteroatoms. The first-order chi connectivity index (χ1) is 2.94. The summed E-state index contributed by atoms with van der Waals surface area (Å²) < 4.78 is 10.2. The zero-order valence-electron chi connectivity index (χ0n) is 5.56. The molecule has 0 bridgehead atoms. The fourth-order valence-electron chi connectivity index (χ4n) is 0. The van der Waals surface area contributed by atoms with E-state index in [1.165, 1.54) is 0 Å². The van der Waals surface area contributed by atoms with Gasteiger partial charge in [-0.25, -0.2) is 0 Å². The fourth-order valence-corrected chi connectivity index (χ4v) is 0. The van der Waals surface area contributed by atoms with Crippen molar-refractivity contribution >= 4 is 8.03 Å². The molecule has 8 heavy (non-hydrogen) atoms. The van der Waals surface area contributed by atoms with Crippen molar-refractivity contribution in [2.45, 2.75) is 25.9 Å². The van der Waals surface area contributed by atoms with Gasteiger partial charge in [0, 0.05) is 24.6 Å². The molecule has 1 atom stereocenters. The van der Waals surface area contributed by atoms with E-state index in [-0.39, 0.29) is 19.5 Å². The van der Waals surface area contributed by atoms with Crippen LogP contribution >= 0.6 is 8.03 Å². The van der Waals surface area contributed by atoms with Crippen LogP contribution in [0.3, 0.4) is 0 Å². The zero-order chi connectivity index (χ0) is 6.08. The third-order valence-corrected chi connectivity index (χ3v) is 1.92. The number of hydrogen-bond donors (Lipinski definition) is 1. The van der Waals surface area contributed by atoms with Gasteiger partial charge in [-0.05, 0) is 0 Å². The van der Waals surface area contributed by atoms with E-state index >= 15 is 0 Å². The van der Waals surface area contributed by atoms with Gasteiger partial charge in [-0.3, -0.25) is 4.57 Å². The van der Waals surface area contributed by atoms with Gasteiger partial charge in [0.05, 0.1) is 0 Å². The molecule has 0 aromatic carbocycles. The van der Waals surface area contributed by atoms with Crippen molar-refractivity contribution < 1.29 is 28.9 Å². The van der Waals surface area contributed by atoms with Crippen LogP contribution in [0.25, 0.3) is 0 Å². The van der Waals surface area contributed by atoms with E-state index in [1.807, 2.05) is 0 Å². The Labute approximate surface area is 63.3 Å². The second kappa shape index (κ2) is 3.77. The Balaban J connectivity index is 0. The molecule has 0 saturated heterocycles. The Morgan fingerprint density at radius 3 is 1.50 bits per heavy atom. The summed E-state index contributed by atoms with van der Waals surface area (Å²) in [7, 11) is -2.30. The van der Waals surface area contributed by atoms with E-state index < -0.39 is 13.2 Å². The molecule has 0 fully saturated rings. The van der Waals surface area contributed by atoms with Gasteiger partial charge in [-0.15, -0.1) is 0 Å². The van der Waals surface area contributed by atoms with E-state index in [0.29, 0.717) is 0 Å². The van der Waals surface area contributed by atoms with Crippen molar-refractivity contribution in [3.8, 4) is 0 Å². The molecule has 0 rings (SSSR count). The fraction of sp³-hybridized carbons (Fsp3) is 1.00. The van der Waals surface area contributed by atoms with Crippen molar-refractivity contribution in [2.75, 3.05) is 0 Å². The maximum absolute atomic E-state index is 10.2. The predicted molar refractivity (Wildman–Crippen MR) is 31.0 cm³/mol. The zero-order valence-corrected chi connectivity index (χ0v) is 9.53. The third kappa shape index (κ3) is 4.96. The molecule has 0 amide bonds. The molecule has 0 aliphatic carbocycles. The third-order valence-electron chi connectivity index (χ3n) is 0.642. The molecule has 0 radical (unpaired) electrons. The first kappa shape index (κ1) is 11.6. The van der Waals surface area contributed by atoms with Crippen molar-refractivity contribution in [1.29, 1.82) is 0 Å². The first-order valence-electron chi connectivity index (χ1n) is 2.18. The topological polar surface area (TPSA) is 37.3 Å². The van der Waals surface area contributed by atoms with Crippen molar-refractivity contribution in [3.63, 3.8) is 0 Å². The Morgan fingerprint density at radius 1 is 1.38 bits per heavy atom. The molecule has 0 aromatic heterocycles. The minimum Gasteiger partial charge on any atom is -0.346 e. The van der Waals surface area contributed by atoms with Crippen LogP contribution in [0.4, 0.5) is 0 Å². The molecule has 0 spiro atoms. The van der Waals surface area contributed by atoms with Crippen LogP contribution in [0.1, 0.15) is 20.8 Å². The summed E-state index contributed by atoms with van der Waals surface area (Å²) >= 11 is 0. The van der Waals surface area contributed by atoms with Crippen LogP contribution in [0.2, 0.25) is 0 Å². The van der Waals surface area contributed by atoms with E-state index in [2.05, 4.69) is 0 Å². The van der Waals surface area contributed by atoms with Crippen molar-refractivity contribution in [2.24, 2.45) is 0 Å². The average Bonchev–Trinajstić information content (AvgIpc) is 1.31. The molecule has 0 aliphatic heterocycles. The summed E-state index contributed by atoms with van der Waals surface area (Å²) in [5, 5.41) is -0.398. The van der Waals surface area contributed by atoms with E-state index in [4.69, 9.17) is 4.89 Å². The average molecular weight is 187 g/mol. The Kier molecular flexibility index (Phi) is 5.46. The van der Waals surface area contributed by atoms with Crippen LogP contribution in [-0.4, -0.2) is 10.0 Å².